The number of ether oxygens (including phenoxy) is 4. The quantitative estimate of drug-likeness (QED) is 0.105. The first-order valence-electron chi connectivity index (χ1n) is 14.8. The van der Waals surface area contributed by atoms with Crippen molar-refractivity contribution in [3.8, 4) is 23.0 Å². The van der Waals surface area contributed by atoms with Crippen molar-refractivity contribution < 1.29 is 48.7 Å². The Hall–Kier alpha value is -4.35. The fourth-order valence-electron chi connectivity index (χ4n) is 6.20. The minimum Gasteiger partial charge on any atom is -0.515 e. The van der Waals surface area contributed by atoms with Crippen LogP contribution >= 0.6 is 0 Å². The number of hydrogen-bond donors (Lipinski definition) is 3. The van der Waals surface area contributed by atoms with E-state index in [1.807, 2.05) is 18.9 Å². The summed E-state index contributed by atoms with van der Waals surface area (Å²) in [4.78, 5) is 32.6. The topological polar surface area (TPSA) is 152 Å². The normalized spacial score (nSPS) is 21.1. The first-order valence-corrected chi connectivity index (χ1v) is 14.8. The zero-order valence-electron chi connectivity index (χ0n) is 26.1. The molecule has 2 aromatic rings. The number of nitrogens with zero attached hydrogens (tertiary/aromatic N) is 1. The molecule has 3 N–H and O–H groups in total. The standard InChI is InChI=1S/C30H37NO6.C3H4O3.CH2O/c1-34-24-10-8-20(17-26(24)36-3)23(33)7-5-4-6-15-31-16-14-30-13-12-22(32)18-27(30)37-29-25(35-2)11-9-21(19-31)28(29)30;4-2-1-3(5)6;1-2/h8-13,17,22,27,32H,4-7,14-16,18-19H2,1-3H3;1-2,4H,(H,5,6);1H2/b;2-1+;/t22-,27-,30-;;/m0../s1. The first kappa shape index (κ1) is 35.1. The van der Waals surface area contributed by atoms with Crippen molar-refractivity contribution in [3.05, 3.63) is 71.5 Å². The van der Waals surface area contributed by atoms with Crippen LogP contribution in [0.3, 0.4) is 0 Å². The molecule has 2 aromatic carbocycles. The monoisotopic (exact) mass is 625 g/mol. The molecule has 5 rings (SSSR count). The van der Waals surface area contributed by atoms with E-state index in [0.717, 1.165) is 56.8 Å². The van der Waals surface area contributed by atoms with Crippen LogP contribution in [0, 0.1) is 0 Å². The number of aliphatic carboxylic acids is 1. The van der Waals surface area contributed by atoms with E-state index in [0.29, 0.717) is 42.2 Å². The van der Waals surface area contributed by atoms with Crippen LogP contribution in [-0.4, -0.2) is 85.4 Å². The SMILES string of the molecule is C=O.COc1ccc(C(=O)CCCCCN2CC[C@@]34C=C[C@H](O)C[C@@H]3Oc3c(OC)ccc(c34)C2)cc1OC.O=C(O)/C=C/O. The number of hydrogen-bond acceptors (Lipinski definition) is 10. The Balaban J connectivity index is 0.000000620. The summed E-state index contributed by atoms with van der Waals surface area (Å²) < 4.78 is 22.6. The number of benzene rings is 2. The number of unbranched alkanes of at least 4 members (excludes halogenated alkanes) is 2. The molecular formula is C34H43NO10. The second kappa shape index (κ2) is 16.6. The van der Waals surface area contributed by atoms with Gasteiger partial charge in [-0.15, -0.1) is 0 Å². The predicted molar refractivity (Wildman–Crippen MR) is 168 cm³/mol. The van der Waals surface area contributed by atoms with Crippen molar-refractivity contribution in [1.29, 1.82) is 0 Å². The number of rotatable bonds is 11. The van der Waals surface area contributed by atoms with Gasteiger partial charge in [0.2, 0.25) is 0 Å². The van der Waals surface area contributed by atoms with E-state index in [-0.39, 0.29) is 17.3 Å². The highest BCUT2D eigenvalue weighted by atomic mass is 16.5. The predicted octanol–water partition coefficient (Wildman–Crippen LogP) is 4.64. The number of Topliss-reactive ketones (excluding diaryl/α,β-unsaturated/α-hetero) is 1. The molecule has 0 radical (unpaired) electrons. The molecule has 0 aromatic heterocycles. The summed E-state index contributed by atoms with van der Waals surface area (Å²) in [7, 11) is 4.85. The zero-order chi connectivity index (χ0) is 33.0. The van der Waals surface area contributed by atoms with Crippen molar-refractivity contribution in [3.63, 3.8) is 0 Å². The summed E-state index contributed by atoms with van der Waals surface area (Å²) >= 11 is 0. The van der Waals surface area contributed by atoms with Crippen LogP contribution in [0.1, 0.15) is 60.0 Å². The van der Waals surface area contributed by atoms with Gasteiger partial charge in [0.1, 0.15) is 12.9 Å². The lowest BCUT2D eigenvalue weighted by Crippen LogP contribution is -2.43. The van der Waals surface area contributed by atoms with Crippen LogP contribution in [0.5, 0.6) is 23.0 Å². The lowest BCUT2D eigenvalue weighted by molar-refractivity contribution is -0.131. The van der Waals surface area contributed by atoms with Gasteiger partial charge < -0.3 is 39.1 Å². The minimum absolute atomic E-state index is 0.0694. The molecule has 2 aliphatic heterocycles. The van der Waals surface area contributed by atoms with Crippen LogP contribution in [-0.2, 0) is 21.5 Å². The summed E-state index contributed by atoms with van der Waals surface area (Å²) in [6, 6.07) is 9.52. The maximum Gasteiger partial charge on any atom is 0.331 e. The Morgan fingerprint density at radius 3 is 2.40 bits per heavy atom. The average molecular weight is 626 g/mol. The summed E-state index contributed by atoms with van der Waals surface area (Å²) in [6.45, 7) is 4.81. The molecular weight excluding hydrogens is 582 g/mol. The molecule has 0 unspecified atom stereocenters. The summed E-state index contributed by atoms with van der Waals surface area (Å²) in [5.41, 5.74) is 2.97. The van der Waals surface area contributed by atoms with Crippen LogP contribution in [0.2, 0.25) is 0 Å². The lowest BCUT2D eigenvalue weighted by Gasteiger charge is -2.35. The summed E-state index contributed by atoms with van der Waals surface area (Å²) in [5, 5.41) is 25.6. The van der Waals surface area contributed by atoms with Crippen molar-refractivity contribution in [2.45, 2.75) is 62.7 Å². The summed E-state index contributed by atoms with van der Waals surface area (Å²) in [6.07, 6.45) is 9.66. The molecule has 1 aliphatic carbocycles. The van der Waals surface area contributed by atoms with E-state index in [9.17, 15) is 14.7 Å². The third kappa shape index (κ3) is 8.23. The molecule has 2 heterocycles. The second-order valence-electron chi connectivity index (χ2n) is 10.9. The fraction of sp³-hybridized carbons (Fsp3) is 0.441. The molecule has 0 saturated heterocycles. The van der Waals surface area contributed by atoms with Gasteiger partial charge in [-0.3, -0.25) is 9.69 Å². The van der Waals surface area contributed by atoms with E-state index in [1.54, 1.807) is 39.5 Å². The Labute approximate surface area is 263 Å². The minimum atomic E-state index is -1.14. The second-order valence-corrected chi connectivity index (χ2v) is 10.9. The third-order valence-corrected chi connectivity index (χ3v) is 8.34. The molecule has 11 nitrogen and oxygen atoms in total. The smallest absolute Gasteiger partial charge is 0.331 e. The van der Waals surface area contributed by atoms with Crippen LogP contribution < -0.4 is 18.9 Å². The van der Waals surface area contributed by atoms with Gasteiger partial charge >= 0.3 is 5.97 Å². The van der Waals surface area contributed by atoms with Gasteiger partial charge in [0, 0.05) is 30.5 Å². The van der Waals surface area contributed by atoms with Gasteiger partial charge in [-0.1, -0.05) is 24.6 Å². The number of carboxylic acids is 1. The lowest BCUT2D eigenvalue weighted by atomic mass is 9.69. The maximum atomic E-state index is 12.7. The molecule has 3 aliphatic rings. The van der Waals surface area contributed by atoms with Crippen LogP contribution in [0.25, 0.3) is 0 Å². The molecule has 0 amide bonds. The highest BCUT2D eigenvalue weighted by Crippen LogP contribution is 2.55. The number of carbonyl (C=O) groups is 3. The number of carbonyl (C=O) groups excluding carboxylic acids is 2. The molecule has 11 heteroatoms. The Kier molecular flexibility index (Phi) is 13.0. The van der Waals surface area contributed by atoms with E-state index in [4.69, 9.17) is 34.0 Å². The maximum absolute atomic E-state index is 12.7. The van der Waals surface area contributed by atoms with Crippen LogP contribution in [0.15, 0.2) is 54.8 Å². The molecule has 0 bridgehead atoms. The van der Waals surface area contributed by atoms with Gasteiger partial charge in [-0.2, -0.15) is 0 Å². The van der Waals surface area contributed by atoms with Crippen LogP contribution in [0.4, 0.5) is 0 Å². The molecule has 0 saturated carbocycles. The van der Waals surface area contributed by atoms with Gasteiger partial charge in [0.15, 0.2) is 28.8 Å². The molecule has 45 heavy (non-hydrogen) atoms. The largest absolute Gasteiger partial charge is 0.515 e. The van der Waals surface area contributed by atoms with E-state index < -0.39 is 12.1 Å². The van der Waals surface area contributed by atoms with Crippen molar-refractivity contribution in [2.24, 2.45) is 0 Å². The molecule has 244 valence electrons. The number of aliphatic hydroxyl groups excluding tert-OH is 2. The Morgan fingerprint density at radius 2 is 1.76 bits per heavy atom. The van der Waals surface area contributed by atoms with Crippen molar-refractivity contribution in [1.82, 2.24) is 4.90 Å². The Bertz CT molecular complexity index is 1370. The van der Waals surface area contributed by atoms with E-state index in [2.05, 4.69) is 17.0 Å². The average Bonchev–Trinajstić information content (AvgIpc) is 3.29. The fourth-order valence-corrected chi connectivity index (χ4v) is 6.20. The van der Waals surface area contributed by atoms with Crippen molar-refractivity contribution in [2.75, 3.05) is 34.4 Å². The number of ketones is 1. The number of aliphatic hydroxyl groups is 2. The molecule has 3 atom stereocenters. The highest BCUT2D eigenvalue weighted by Gasteiger charge is 2.52. The van der Waals surface area contributed by atoms with E-state index >= 15 is 0 Å². The highest BCUT2D eigenvalue weighted by molar-refractivity contribution is 5.96. The number of methoxy groups -OCH3 is 3. The van der Waals surface area contributed by atoms with Crippen molar-refractivity contribution >= 4 is 18.5 Å². The van der Waals surface area contributed by atoms with Gasteiger partial charge in [0.25, 0.3) is 0 Å². The number of carboxylic acid groups (broad SMARTS) is 1. The zero-order valence-corrected chi connectivity index (χ0v) is 26.1. The van der Waals surface area contributed by atoms with Gasteiger partial charge in [-0.05, 0) is 62.2 Å². The molecule has 0 fully saturated rings. The third-order valence-electron chi connectivity index (χ3n) is 8.34. The van der Waals surface area contributed by atoms with Gasteiger partial charge in [0.05, 0.1) is 45.2 Å². The molecule has 1 spiro atoms. The van der Waals surface area contributed by atoms with E-state index in [1.165, 1.54) is 11.1 Å². The Morgan fingerprint density at radius 1 is 1.04 bits per heavy atom. The van der Waals surface area contributed by atoms with Gasteiger partial charge in [-0.25, -0.2) is 4.79 Å². The summed E-state index contributed by atoms with van der Waals surface area (Å²) in [5.74, 6) is 1.81. The first-order chi connectivity index (χ1) is 21.8.